The summed E-state index contributed by atoms with van der Waals surface area (Å²) in [6.45, 7) is 4.71. The number of guanidine groups is 1. The highest BCUT2D eigenvalue weighted by atomic mass is 16.5. The van der Waals surface area contributed by atoms with Gasteiger partial charge in [-0.05, 0) is 31.5 Å². The Labute approximate surface area is 153 Å². The van der Waals surface area contributed by atoms with Gasteiger partial charge < -0.3 is 24.5 Å². The van der Waals surface area contributed by atoms with Crippen molar-refractivity contribution in [3.63, 3.8) is 0 Å². The van der Waals surface area contributed by atoms with Crippen molar-refractivity contribution in [2.45, 2.75) is 26.9 Å². The number of nitrogens with zero attached hydrogens (tertiary/aromatic N) is 1. The highest BCUT2D eigenvalue weighted by Crippen LogP contribution is 2.19. The van der Waals surface area contributed by atoms with Crippen molar-refractivity contribution >= 4 is 11.9 Å². The van der Waals surface area contributed by atoms with Crippen molar-refractivity contribution in [1.82, 2.24) is 10.6 Å². The van der Waals surface area contributed by atoms with E-state index < -0.39 is 5.97 Å². The fourth-order valence-corrected chi connectivity index (χ4v) is 2.51. The number of carbonyl (C=O) groups excluding carboxylic acids is 1. The molecule has 2 N–H and O–H groups in total. The van der Waals surface area contributed by atoms with E-state index in [4.69, 9.17) is 13.9 Å². The van der Waals surface area contributed by atoms with E-state index in [9.17, 15) is 4.79 Å². The van der Waals surface area contributed by atoms with Crippen LogP contribution in [0.2, 0.25) is 0 Å². The minimum absolute atomic E-state index is 0.391. The number of benzene rings is 1. The number of aliphatic imine (C=N–C) groups is 1. The van der Waals surface area contributed by atoms with E-state index in [-0.39, 0.29) is 0 Å². The molecule has 0 aliphatic rings. The van der Waals surface area contributed by atoms with Gasteiger partial charge in [0.05, 0.1) is 20.8 Å². The summed E-state index contributed by atoms with van der Waals surface area (Å²) >= 11 is 0. The maximum atomic E-state index is 11.6. The van der Waals surface area contributed by atoms with E-state index in [0.717, 1.165) is 16.9 Å². The minimum Gasteiger partial charge on any atom is -0.496 e. The monoisotopic (exact) mass is 359 g/mol. The molecule has 0 aliphatic carbocycles. The fourth-order valence-electron chi connectivity index (χ4n) is 2.51. The lowest BCUT2D eigenvalue weighted by Gasteiger charge is -2.13. The summed E-state index contributed by atoms with van der Waals surface area (Å²) in [5.74, 6) is 2.19. The second-order valence-corrected chi connectivity index (χ2v) is 5.77. The smallest absolute Gasteiger partial charge is 0.341 e. The second kappa shape index (κ2) is 8.94. The van der Waals surface area contributed by atoms with Crippen LogP contribution in [0.4, 0.5) is 0 Å². The highest BCUT2D eigenvalue weighted by molar-refractivity contribution is 5.90. The Bertz CT molecular complexity index is 796. The van der Waals surface area contributed by atoms with Gasteiger partial charge in [0.1, 0.15) is 22.8 Å². The first kappa shape index (κ1) is 19.4. The summed E-state index contributed by atoms with van der Waals surface area (Å²) in [7, 11) is 4.69. The SMILES string of the molecule is CN=C(NCc1cc(C(=O)OC)c(C)o1)NCc1ccc(C)cc1OC. The van der Waals surface area contributed by atoms with Crippen LogP contribution in [0.25, 0.3) is 0 Å². The summed E-state index contributed by atoms with van der Waals surface area (Å²) in [4.78, 5) is 15.8. The average molecular weight is 359 g/mol. The number of hydrogen-bond acceptors (Lipinski definition) is 5. The van der Waals surface area contributed by atoms with Crippen molar-refractivity contribution in [1.29, 1.82) is 0 Å². The van der Waals surface area contributed by atoms with Crippen LogP contribution >= 0.6 is 0 Å². The van der Waals surface area contributed by atoms with E-state index in [1.54, 1.807) is 27.1 Å². The van der Waals surface area contributed by atoms with Gasteiger partial charge in [-0.15, -0.1) is 0 Å². The summed E-state index contributed by atoms with van der Waals surface area (Å²) in [6.07, 6.45) is 0. The number of rotatable bonds is 6. The third-order valence-electron chi connectivity index (χ3n) is 3.92. The molecule has 7 heteroatoms. The first-order chi connectivity index (χ1) is 12.5. The molecule has 140 valence electrons. The molecule has 0 atom stereocenters. The van der Waals surface area contributed by atoms with Crippen LogP contribution in [-0.4, -0.2) is 33.2 Å². The first-order valence-corrected chi connectivity index (χ1v) is 8.24. The summed E-state index contributed by atoms with van der Waals surface area (Å²) in [5, 5.41) is 6.39. The normalized spacial score (nSPS) is 11.2. The molecule has 0 fully saturated rings. The number of hydrogen-bond donors (Lipinski definition) is 2. The van der Waals surface area contributed by atoms with Crippen LogP contribution in [-0.2, 0) is 17.8 Å². The van der Waals surface area contributed by atoms with Gasteiger partial charge in [-0.3, -0.25) is 4.99 Å². The van der Waals surface area contributed by atoms with Crippen LogP contribution in [0.3, 0.4) is 0 Å². The van der Waals surface area contributed by atoms with Gasteiger partial charge in [-0.1, -0.05) is 12.1 Å². The standard InChI is InChI=1S/C19H25N3O4/c1-12-6-7-14(17(8-12)24-4)10-21-19(20-3)22-11-15-9-16(13(2)26-15)18(23)25-5/h6-9H,10-11H2,1-5H3,(H2,20,21,22). The van der Waals surface area contributed by atoms with Crippen molar-refractivity contribution < 1.29 is 18.7 Å². The number of esters is 1. The van der Waals surface area contributed by atoms with Gasteiger partial charge >= 0.3 is 5.97 Å². The van der Waals surface area contributed by atoms with E-state index in [1.165, 1.54) is 7.11 Å². The molecular formula is C19H25N3O4. The predicted octanol–water partition coefficient (Wildman–Crippen LogP) is 2.56. The molecular weight excluding hydrogens is 334 g/mol. The van der Waals surface area contributed by atoms with Crippen LogP contribution in [0.15, 0.2) is 33.7 Å². The Morgan fingerprint density at radius 1 is 1.15 bits per heavy atom. The van der Waals surface area contributed by atoms with Crippen molar-refractivity contribution in [3.05, 3.63) is 52.5 Å². The molecule has 1 heterocycles. The molecule has 0 unspecified atom stereocenters. The number of furan rings is 1. The molecule has 0 radical (unpaired) electrons. The first-order valence-electron chi connectivity index (χ1n) is 8.24. The molecule has 0 spiro atoms. The number of ether oxygens (including phenoxy) is 2. The quantitative estimate of drug-likeness (QED) is 0.468. The highest BCUT2D eigenvalue weighted by Gasteiger charge is 2.15. The molecule has 0 saturated heterocycles. The fraction of sp³-hybridized carbons (Fsp3) is 0.368. The molecule has 2 aromatic rings. The third-order valence-corrected chi connectivity index (χ3v) is 3.92. The zero-order valence-electron chi connectivity index (χ0n) is 15.8. The lowest BCUT2D eigenvalue weighted by Crippen LogP contribution is -2.36. The number of carbonyl (C=O) groups is 1. The van der Waals surface area contributed by atoms with Crippen LogP contribution in [0, 0.1) is 13.8 Å². The molecule has 2 rings (SSSR count). The predicted molar refractivity (Wildman–Crippen MR) is 99.6 cm³/mol. The van der Waals surface area contributed by atoms with Gasteiger partial charge in [0.25, 0.3) is 0 Å². The summed E-state index contributed by atoms with van der Waals surface area (Å²) < 4.78 is 15.7. The van der Waals surface area contributed by atoms with Gasteiger partial charge in [0.2, 0.25) is 0 Å². The second-order valence-electron chi connectivity index (χ2n) is 5.77. The number of aryl methyl sites for hydroxylation is 2. The van der Waals surface area contributed by atoms with Gasteiger partial charge in [-0.2, -0.15) is 0 Å². The van der Waals surface area contributed by atoms with Crippen LogP contribution < -0.4 is 15.4 Å². The third kappa shape index (κ3) is 4.78. The lowest BCUT2D eigenvalue weighted by molar-refractivity contribution is 0.0599. The molecule has 26 heavy (non-hydrogen) atoms. The Morgan fingerprint density at radius 3 is 2.54 bits per heavy atom. The zero-order valence-corrected chi connectivity index (χ0v) is 15.8. The van der Waals surface area contributed by atoms with Crippen LogP contribution in [0.1, 0.15) is 33.0 Å². The number of nitrogens with one attached hydrogen (secondary N) is 2. The molecule has 1 aromatic carbocycles. The number of methoxy groups -OCH3 is 2. The molecule has 7 nitrogen and oxygen atoms in total. The van der Waals surface area contributed by atoms with Crippen LogP contribution in [0.5, 0.6) is 5.75 Å². The summed E-state index contributed by atoms with van der Waals surface area (Å²) in [5.41, 5.74) is 2.60. The van der Waals surface area contributed by atoms with E-state index in [2.05, 4.69) is 15.6 Å². The molecule has 0 aliphatic heterocycles. The van der Waals surface area contributed by atoms with E-state index >= 15 is 0 Å². The Morgan fingerprint density at radius 2 is 1.88 bits per heavy atom. The lowest BCUT2D eigenvalue weighted by atomic mass is 10.1. The Balaban J connectivity index is 1.95. The van der Waals surface area contributed by atoms with Crippen molar-refractivity contribution in [2.75, 3.05) is 21.3 Å². The van der Waals surface area contributed by atoms with Gasteiger partial charge in [0, 0.05) is 19.2 Å². The molecule has 1 aromatic heterocycles. The van der Waals surface area contributed by atoms with E-state index in [0.29, 0.717) is 36.1 Å². The molecule has 0 amide bonds. The maximum absolute atomic E-state index is 11.6. The maximum Gasteiger partial charge on any atom is 0.341 e. The molecule has 0 saturated carbocycles. The van der Waals surface area contributed by atoms with Gasteiger partial charge in [-0.25, -0.2) is 4.79 Å². The van der Waals surface area contributed by atoms with Crippen molar-refractivity contribution in [2.24, 2.45) is 4.99 Å². The van der Waals surface area contributed by atoms with Gasteiger partial charge in [0.15, 0.2) is 5.96 Å². The minimum atomic E-state index is -0.411. The molecule has 0 bridgehead atoms. The average Bonchev–Trinajstić information content (AvgIpc) is 3.02. The Kier molecular flexibility index (Phi) is 6.66. The largest absolute Gasteiger partial charge is 0.496 e. The van der Waals surface area contributed by atoms with Crippen molar-refractivity contribution in [3.8, 4) is 5.75 Å². The zero-order chi connectivity index (χ0) is 19.1. The Hall–Kier alpha value is -2.96. The topological polar surface area (TPSA) is 85.1 Å². The summed E-state index contributed by atoms with van der Waals surface area (Å²) in [6, 6.07) is 7.72. The van der Waals surface area contributed by atoms with E-state index in [1.807, 2.05) is 25.1 Å².